The Morgan fingerprint density at radius 2 is 2.35 bits per heavy atom. The van der Waals surface area contributed by atoms with Crippen LogP contribution in [0.25, 0.3) is 0 Å². The van der Waals surface area contributed by atoms with Crippen molar-refractivity contribution in [3.05, 3.63) is 36.0 Å². The summed E-state index contributed by atoms with van der Waals surface area (Å²) >= 11 is 6.89. The lowest BCUT2D eigenvalue weighted by Crippen LogP contribution is -2.16. The van der Waals surface area contributed by atoms with E-state index in [1.165, 1.54) is 6.33 Å². The lowest BCUT2D eigenvalue weighted by Gasteiger charge is -2.14. The first-order chi connectivity index (χ1) is 9.72. The van der Waals surface area contributed by atoms with E-state index in [9.17, 15) is 0 Å². The molecule has 106 valence electrons. The Kier molecular flexibility index (Phi) is 5.37. The third-order valence-electron chi connectivity index (χ3n) is 2.63. The van der Waals surface area contributed by atoms with Gasteiger partial charge in [-0.3, -0.25) is 0 Å². The van der Waals surface area contributed by atoms with Crippen LogP contribution in [0.4, 0.5) is 5.69 Å². The van der Waals surface area contributed by atoms with Crippen molar-refractivity contribution in [3.8, 4) is 0 Å². The molecule has 1 aromatic heterocycles. The number of rotatable bonds is 7. The summed E-state index contributed by atoms with van der Waals surface area (Å²) in [6.45, 7) is 2.78. The summed E-state index contributed by atoms with van der Waals surface area (Å²) in [7, 11) is 0. The van der Waals surface area contributed by atoms with Gasteiger partial charge in [0.15, 0.2) is 6.33 Å². The lowest BCUT2D eigenvalue weighted by atomic mass is 10.1. The van der Waals surface area contributed by atoms with Crippen molar-refractivity contribution in [2.75, 3.05) is 17.6 Å². The van der Waals surface area contributed by atoms with Gasteiger partial charge in [-0.25, -0.2) is 0 Å². The molecule has 0 fully saturated rings. The summed E-state index contributed by atoms with van der Waals surface area (Å²) in [5, 5.41) is 6.90. The van der Waals surface area contributed by atoms with Crippen LogP contribution in [0.15, 0.2) is 33.9 Å². The topological polar surface area (TPSA) is 77.0 Å². The third kappa shape index (κ3) is 3.71. The molecule has 7 heteroatoms. The molecule has 0 spiro atoms. The molecule has 0 bridgehead atoms. The van der Waals surface area contributed by atoms with Gasteiger partial charge in [0.1, 0.15) is 4.99 Å². The highest BCUT2D eigenvalue weighted by Gasteiger charge is 2.11. The number of hydrogen-bond donors (Lipinski definition) is 2. The number of aromatic nitrogens is 2. The number of nitrogens with one attached hydrogen (secondary N) is 1. The summed E-state index contributed by atoms with van der Waals surface area (Å²) < 4.78 is 4.96. The molecular formula is C13H16N4OS2. The molecule has 1 aromatic carbocycles. The van der Waals surface area contributed by atoms with E-state index in [1.807, 2.05) is 18.2 Å². The average Bonchev–Trinajstić information content (AvgIpc) is 2.92. The Balaban J connectivity index is 2.09. The van der Waals surface area contributed by atoms with Crippen molar-refractivity contribution in [1.82, 2.24) is 10.1 Å². The summed E-state index contributed by atoms with van der Waals surface area (Å²) in [6, 6.07) is 6.00. The van der Waals surface area contributed by atoms with Gasteiger partial charge in [-0.15, -0.1) is 11.8 Å². The van der Waals surface area contributed by atoms with Crippen LogP contribution in [0.2, 0.25) is 0 Å². The number of benzene rings is 1. The molecule has 0 saturated heterocycles. The van der Waals surface area contributed by atoms with Gasteiger partial charge in [0, 0.05) is 29.1 Å². The molecule has 0 aliphatic carbocycles. The molecule has 0 atom stereocenters. The van der Waals surface area contributed by atoms with Gasteiger partial charge in [0.25, 0.3) is 0 Å². The number of thiocarbonyl (C=S) groups is 1. The summed E-state index contributed by atoms with van der Waals surface area (Å²) in [5.74, 6) is 1.58. The minimum atomic E-state index is 0.404. The van der Waals surface area contributed by atoms with Gasteiger partial charge < -0.3 is 15.6 Å². The SMILES string of the molecule is CCSc1cccc(NCCc2ncno2)c1C(N)=S. The highest BCUT2D eigenvalue weighted by Crippen LogP contribution is 2.28. The van der Waals surface area contributed by atoms with E-state index in [-0.39, 0.29) is 0 Å². The number of thioether (sulfide) groups is 1. The Bertz CT molecular complexity index is 572. The quantitative estimate of drug-likeness (QED) is 0.601. The zero-order chi connectivity index (χ0) is 14.4. The lowest BCUT2D eigenvalue weighted by molar-refractivity contribution is 0.380. The molecular weight excluding hydrogens is 292 g/mol. The van der Waals surface area contributed by atoms with E-state index in [1.54, 1.807) is 11.8 Å². The van der Waals surface area contributed by atoms with E-state index in [2.05, 4.69) is 22.4 Å². The van der Waals surface area contributed by atoms with E-state index < -0.39 is 0 Å². The molecule has 0 radical (unpaired) electrons. The molecule has 3 N–H and O–H groups in total. The van der Waals surface area contributed by atoms with Crippen molar-refractivity contribution in [2.45, 2.75) is 18.2 Å². The van der Waals surface area contributed by atoms with Crippen LogP contribution in [-0.4, -0.2) is 27.4 Å². The van der Waals surface area contributed by atoms with Gasteiger partial charge in [-0.05, 0) is 17.9 Å². The predicted molar refractivity (Wildman–Crippen MR) is 85.2 cm³/mol. The fraction of sp³-hybridized carbons (Fsp3) is 0.308. The minimum Gasteiger partial charge on any atom is -0.389 e. The Hall–Kier alpha value is -1.60. The fourth-order valence-corrected chi connectivity index (χ4v) is 2.95. The number of nitrogens with zero attached hydrogens (tertiary/aromatic N) is 2. The largest absolute Gasteiger partial charge is 0.389 e. The number of anilines is 1. The van der Waals surface area contributed by atoms with Crippen LogP contribution in [0.5, 0.6) is 0 Å². The van der Waals surface area contributed by atoms with E-state index in [0.717, 1.165) is 21.9 Å². The minimum absolute atomic E-state index is 0.404. The molecule has 1 heterocycles. The summed E-state index contributed by atoms with van der Waals surface area (Å²) in [4.78, 5) is 5.48. The van der Waals surface area contributed by atoms with Crippen LogP contribution in [0, 0.1) is 0 Å². The maximum Gasteiger partial charge on any atom is 0.228 e. The smallest absolute Gasteiger partial charge is 0.228 e. The average molecular weight is 308 g/mol. The van der Waals surface area contributed by atoms with Crippen molar-refractivity contribution in [1.29, 1.82) is 0 Å². The summed E-state index contributed by atoms with van der Waals surface area (Å²) in [6.07, 6.45) is 2.05. The van der Waals surface area contributed by atoms with Crippen molar-refractivity contribution in [2.24, 2.45) is 5.73 Å². The maximum absolute atomic E-state index is 5.85. The molecule has 0 amide bonds. The second-order valence-corrected chi connectivity index (χ2v) is 5.73. The standard InChI is InChI=1S/C13H16N4OS2/c1-2-20-10-5-3-4-9(12(10)13(14)19)15-7-6-11-16-8-17-18-11/h3-5,8,15H,2,6-7H2,1H3,(H2,14,19). The first kappa shape index (κ1) is 14.8. The molecule has 2 aromatic rings. The van der Waals surface area contributed by atoms with Crippen LogP contribution in [0.3, 0.4) is 0 Å². The zero-order valence-electron chi connectivity index (χ0n) is 11.1. The fourth-order valence-electron chi connectivity index (χ4n) is 1.82. The van der Waals surface area contributed by atoms with Gasteiger partial charge in [0.2, 0.25) is 5.89 Å². The summed E-state index contributed by atoms with van der Waals surface area (Å²) in [5.41, 5.74) is 7.69. The molecule has 0 aliphatic heterocycles. The van der Waals surface area contributed by atoms with Crippen LogP contribution in [0.1, 0.15) is 18.4 Å². The molecule has 5 nitrogen and oxygen atoms in total. The van der Waals surface area contributed by atoms with Crippen molar-refractivity contribution >= 4 is 34.7 Å². The maximum atomic E-state index is 5.85. The third-order valence-corrected chi connectivity index (χ3v) is 3.78. The second kappa shape index (κ2) is 7.25. The van der Waals surface area contributed by atoms with Gasteiger partial charge in [-0.1, -0.05) is 30.4 Å². The van der Waals surface area contributed by atoms with Gasteiger partial charge in [0.05, 0.1) is 0 Å². The first-order valence-electron chi connectivity index (χ1n) is 6.27. The monoisotopic (exact) mass is 308 g/mol. The number of nitrogens with two attached hydrogens (primary N) is 1. The highest BCUT2D eigenvalue weighted by atomic mass is 32.2. The second-order valence-electron chi connectivity index (χ2n) is 3.99. The normalized spacial score (nSPS) is 10.4. The highest BCUT2D eigenvalue weighted by molar-refractivity contribution is 7.99. The van der Waals surface area contributed by atoms with Crippen LogP contribution in [-0.2, 0) is 6.42 Å². The van der Waals surface area contributed by atoms with Crippen LogP contribution >= 0.6 is 24.0 Å². The molecule has 20 heavy (non-hydrogen) atoms. The van der Waals surface area contributed by atoms with Gasteiger partial charge in [-0.2, -0.15) is 4.98 Å². The van der Waals surface area contributed by atoms with E-state index >= 15 is 0 Å². The molecule has 2 rings (SSSR count). The predicted octanol–water partition coefficient (Wildman–Crippen LogP) is 2.47. The molecule has 0 unspecified atom stereocenters. The molecule has 0 saturated carbocycles. The first-order valence-corrected chi connectivity index (χ1v) is 7.66. The van der Waals surface area contributed by atoms with Crippen molar-refractivity contribution in [3.63, 3.8) is 0 Å². The Morgan fingerprint density at radius 3 is 3.00 bits per heavy atom. The molecule has 0 aliphatic rings. The van der Waals surface area contributed by atoms with E-state index in [4.69, 9.17) is 22.5 Å². The zero-order valence-corrected chi connectivity index (χ0v) is 12.8. The van der Waals surface area contributed by atoms with Gasteiger partial charge >= 0.3 is 0 Å². The van der Waals surface area contributed by atoms with Crippen molar-refractivity contribution < 1.29 is 4.52 Å². The Labute approximate surface area is 127 Å². The number of hydrogen-bond acceptors (Lipinski definition) is 6. The van der Waals surface area contributed by atoms with E-state index in [0.29, 0.717) is 23.8 Å². The van der Waals surface area contributed by atoms with Crippen LogP contribution < -0.4 is 11.1 Å². The Morgan fingerprint density at radius 1 is 1.50 bits per heavy atom.